The topological polar surface area (TPSA) is 78.8 Å². The molecule has 0 radical (unpaired) electrons. The maximum absolute atomic E-state index is 12.5. The molecular weight excluding hydrogens is 340 g/mol. The summed E-state index contributed by atoms with van der Waals surface area (Å²) >= 11 is 0. The molecule has 3 aromatic rings. The van der Waals surface area contributed by atoms with E-state index in [2.05, 4.69) is 56.5 Å². The fourth-order valence-electron chi connectivity index (χ4n) is 3.76. The van der Waals surface area contributed by atoms with Gasteiger partial charge in [0, 0.05) is 32.4 Å². The van der Waals surface area contributed by atoms with Gasteiger partial charge >= 0.3 is 0 Å². The largest absolute Gasteiger partial charge is 0.372 e. The number of hydrogen-bond donors (Lipinski definition) is 2. The number of aromatic nitrogens is 4. The van der Waals surface area contributed by atoms with Gasteiger partial charge in [0.2, 0.25) is 5.95 Å². The van der Waals surface area contributed by atoms with Crippen LogP contribution in [0.3, 0.4) is 0 Å². The van der Waals surface area contributed by atoms with Crippen LogP contribution in [0.15, 0.2) is 29.1 Å². The number of anilines is 2. The smallest absolute Gasteiger partial charge is 0.278 e. The van der Waals surface area contributed by atoms with Gasteiger partial charge in [-0.2, -0.15) is 5.10 Å². The first-order valence-electron chi connectivity index (χ1n) is 9.69. The molecule has 1 saturated heterocycles. The van der Waals surface area contributed by atoms with Gasteiger partial charge in [-0.15, -0.1) is 0 Å². The second-order valence-corrected chi connectivity index (χ2v) is 7.15. The molecule has 2 N–H and O–H groups in total. The Hall–Kier alpha value is -2.83. The highest BCUT2D eigenvalue weighted by Crippen LogP contribution is 2.21. The van der Waals surface area contributed by atoms with Crippen molar-refractivity contribution in [1.29, 1.82) is 0 Å². The molecular formula is C20H26N6O. The molecule has 27 heavy (non-hydrogen) atoms. The summed E-state index contributed by atoms with van der Waals surface area (Å²) in [6.07, 6.45) is 4.30. The number of H-pyrrole nitrogens is 1. The number of nitrogens with one attached hydrogen (secondary N) is 2. The van der Waals surface area contributed by atoms with Crippen LogP contribution in [-0.2, 0) is 20.0 Å². The first kappa shape index (κ1) is 17.6. The van der Waals surface area contributed by atoms with Crippen LogP contribution in [0.25, 0.3) is 11.0 Å². The molecule has 1 aliphatic heterocycles. The lowest BCUT2D eigenvalue weighted by Crippen LogP contribution is -2.18. The summed E-state index contributed by atoms with van der Waals surface area (Å²) < 4.78 is 1.62. The Morgan fingerprint density at radius 2 is 2.07 bits per heavy atom. The molecule has 0 spiro atoms. The zero-order chi connectivity index (χ0) is 18.8. The van der Waals surface area contributed by atoms with E-state index >= 15 is 0 Å². The van der Waals surface area contributed by atoms with Crippen molar-refractivity contribution in [1.82, 2.24) is 19.7 Å². The average Bonchev–Trinajstić information content (AvgIpc) is 3.30. The molecule has 4 rings (SSSR count). The molecule has 0 aliphatic carbocycles. The lowest BCUT2D eigenvalue weighted by molar-refractivity contribution is 0.751. The van der Waals surface area contributed by atoms with Gasteiger partial charge in [-0.05, 0) is 37.0 Å². The Balaban J connectivity index is 1.56. The van der Waals surface area contributed by atoms with Gasteiger partial charge in [-0.1, -0.05) is 25.5 Å². The number of hydrogen-bond acceptors (Lipinski definition) is 5. The minimum Gasteiger partial charge on any atom is -0.372 e. The monoisotopic (exact) mass is 366 g/mol. The first-order valence-corrected chi connectivity index (χ1v) is 9.69. The van der Waals surface area contributed by atoms with Crippen molar-refractivity contribution < 1.29 is 0 Å². The van der Waals surface area contributed by atoms with Gasteiger partial charge in [0.1, 0.15) is 5.52 Å². The molecule has 1 fully saturated rings. The summed E-state index contributed by atoms with van der Waals surface area (Å²) in [5.41, 5.74) is 4.37. The maximum atomic E-state index is 12.5. The molecule has 7 nitrogen and oxygen atoms in total. The number of fused-ring (bicyclic) bond motifs is 1. The molecule has 0 atom stereocenters. The highest BCUT2D eigenvalue weighted by Gasteiger charge is 2.15. The maximum Gasteiger partial charge on any atom is 0.278 e. The SMILES string of the molecule is CCCc1nn(C)c2c(=O)[nH]c(NCc3cccc(N4CCCC4)c3)nc12. The van der Waals surface area contributed by atoms with E-state index in [0.29, 0.717) is 23.5 Å². The van der Waals surface area contributed by atoms with Crippen molar-refractivity contribution >= 4 is 22.7 Å². The van der Waals surface area contributed by atoms with Crippen molar-refractivity contribution in [3.63, 3.8) is 0 Å². The van der Waals surface area contributed by atoms with Crippen LogP contribution in [0, 0.1) is 0 Å². The molecule has 0 bridgehead atoms. The molecule has 1 aliphatic rings. The third kappa shape index (κ3) is 3.54. The quantitative estimate of drug-likeness (QED) is 0.701. The van der Waals surface area contributed by atoms with E-state index in [-0.39, 0.29) is 5.56 Å². The average molecular weight is 366 g/mol. The molecule has 2 aromatic heterocycles. The highest BCUT2D eigenvalue weighted by molar-refractivity contribution is 5.77. The van der Waals surface area contributed by atoms with Crippen LogP contribution < -0.4 is 15.8 Å². The summed E-state index contributed by atoms with van der Waals surface area (Å²) in [6, 6.07) is 8.55. The Bertz CT molecular complexity index is 999. The Labute approximate surface area is 158 Å². The van der Waals surface area contributed by atoms with Crippen molar-refractivity contribution in [2.75, 3.05) is 23.3 Å². The number of aromatic amines is 1. The van der Waals surface area contributed by atoms with Crippen molar-refractivity contribution in [2.45, 2.75) is 39.2 Å². The summed E-state index contributed by atoms with van der Waals surface area (Å²) in [4.78, 5) is 22.4. The fraction of sp³-hybridized carbons (Fsp3) is 0.450. The Morgan fingerprint density at radius 3 is 2.85 bits per heavy atom. The fourth-order valence-corrected chi connectivity index (χ4v) is 3.76. The van der Waals surface area contributed by atoms with E-state index in [1.165, 1.54) is 24.1 Å². The molecule has 0 amide bonds. The predicted octanol–water partition coefficient (Wildman–Crippen LogP) is 2.82. The number of nitrogens with zero attached hydrogens (tertiary/aromatic N) is 4. The third-order valence-electron chi connectivity index (χ3n) is 5.09. The number of benzene rings is 1. The summed E-state index contributed by atoms with van der Waals surface area (Å²) in [7, 11) is 1.79. The van der Waals surface area contributed by atoms with E-state index in [4.69, 9.17) is 0 Å². The van der Waals surface area contributed by atoms with E-state index in [1.54, 1.807) is 11.7 Å². The minimum atomic E-state index is -0.161. The molecule has 3 heterocycles. The van der Waals surface area contributed by atoms with E-state index < -0.39 is 0 Å². The molecule has 7 heteroatoms. The molecule has 0 unspecified atom stereocenters. The summed E-state index contributed by atoms with van der Waals surface area (Å²) in [5.74, 6) is 0.490. The first-order chi connectivity index (χ1) is 13.2. The Morgan fingerprint density at radius 1 is 1.26 bits per heavy atom. The van der Waals surface area contributed by atoms with Gasteiger partial charge in [0.05, 0.1) is 5.69 Å². The van der Waals surface area contributed by atoms with Crippen molar-refractivity contribution in [3.8, 4) is 0 Å². The van der Waals surface area contributed by atoms with Crippen molar-refractivity contribution in [2.24, 2.45) is 7.05 Å². The van der Waals surface area contributed by atoms with Gasteiger partial charge < -0.3 is 10.2 Å². The summed E-state index contributed by atoms with van der Waals surface area (Å²) in [6.45, 7) is 4.97. The van der Waals surface area contributed by atoms with E-state index in [9.17, 15) is 4.79 Å². The molecule has 1 aromatic carbocycles. The van der Waals surface area contributed by atoms with Crippen molar-refractivity contribution in [3.05, 3.63) is 45.9 Å². The lowest BCUT2D eigenvalue weighted by atomic mass is 10.2. The minimum absolute atomic E-state index is 0.161. The molecule has 0 saturated carbocycles. The third-order valence-corrected chi connectivity index (χ3v) is 5.09. The lowest BCUT2D eigenvalue weighted by Gasteiger charge is -2.18. The van der Waals surface area contributed by atoms with Gasteiger partial charge in [-0.25, -0.2) is 4.98 Å². The second kappa shape index (κ2) is 7.42. The van der Waals surface area contributed by atoms with Gasteiger partial charge in [-0.3, -0.25) is 14.5 Å². The normalized spacial score (nSPS) is 14.2. The zero-order valence-electron chi connectivity index (χ0n) is 16.0. The van der Waals surface area contributed by atoms with Crippen LogP contribution in [0.4, 0.5) is 11.6 Å². The van der Waals surface area contributed by atoms with E-state index in [1.807, 2.05) is 0 Å². The highest BCUT2D eigenvalue weighted by atomic mass is 16.1. The van der Waals surface area contributed by atoms with Crippen LogP contribution in [0.1, 0.15) is 37.4 Å². The van der Waals surface area contributed by atoms with Gasteiger partial charge in [0.15, 0.2) is 5.52 Å². The van der Waals surface area contributed by atoms with Crippen LogP contribution in [-0.4, -0.2) is 32.8 Å². The Kier molecular flexibility index (Phi) is 4.83. The van der Waals surface area contributed by atoms with Crippen LogP contribution >= 0.6 is 0 Å². The standard InChI is InChI=1S/C20H26N6O/c1-3-7-16-17-18(25(2)24-16)19(27)23-20(22-17)21-13-14-8-6-9-15(12-14)26-10-4-5-11-26/h6,8-9,12H,3-5,7,10-11,13H2,1-2H3,(H2,21,22,23,27). The molecule has 142 valence electrons. The van der Waals surface area contributed by atoms with E-state index in [0.717, 1.165) is 31.6 Å². The number of aryl methyl sites for hydroxylation is 2. The predicted molar refractivity (Wildman–Crippen MR) is 108 cm³/mol. The zero-order valence-corrected chi connectivity index (χ0v) is 16.0. The summed E-state index contributed by atoms with van der Waals surface area (Å²) in [5, 5.41) is 7.72. The second-order valence-electron chi connectivity index (χ2n) is 7.15. The number of rotatable bonds is 6. The van der Waals surface area contributed by atoms with Crippen LogP contribution in [0.2, 0.25) is 0 Å². The van der Waals surface area contributed by atoms with Crippen LogP contribution in [0.5, 0.6) is 0 Å². The van der Waals surface area contributed by atoms with Gasteiger partial charge in [0.25, 0.3) is 5.56 Å².